The zero-order valence-electron chi connectivity index (χ0n) is 13.5. The van der Waals surface area contributed by atoms with Crippen LogP contribution in [0.2, 0.25) is 0 Å². The summed E-state index contributed by atoms with van der Waals surface area (Å²) in [4.78, 5) is 24.8. The number of carbonyl (C=O) groups excluding carboxylic acids is 1. The van der Waals surface area contributed by atoms with Crippen LogP contribution in [0, 0.1) is 0 Å². The molecule has 22 heavy (non-hydrogen) atoms. The second kappa shape index (κ2) is 6.66. The number of carbonyl (C=O) groups is 2. The number of rotatable bonds is 4. The minimum Gasteiger partial charge on any atom is -0.481 e. The number of likely N-dealkylation sites (tertiary alicyclic amines) is 1. The number of hydrogen-bond acceptors (Lipinski definition) is 5. The number of thioether (sulfide) groups is 1. The van der Waals surface area contributed by atoms with Gasteiger partial charge in [-0.3, -0.25) is 4.79 Å². The second-order valence-corrected chi connectivity index (χ2v) is 8.79. The van der Waals surface area contributed by atoms with Gasteiger partial charge in [-0.05, 0) is 33.6 Å². The van der Waals surface area contributed by atoms with E-state index in [2.05, 4.69) is 0 Å². The fourth-order valence-corrected chi connectivity index (χ4v) is 4.56. The van der Waals surface area contributed by atoms with E-state index in [1.165, 1.54) is 0 Å². The molecular weight excluding hydrogens is 306 g/mol. The zero-order valence-corrected chi connectivity index (χ0v) is 14.3. The topological polar surface area (TPSA) is 76.1 Å². The monoisotopic (exact) mass is 331 g/mol. The Labute approximate surface area is 135 Å². The standard InChI is InChI=1S/C15H25NO5S/c1-14(2,3)21-13(19)16-9-15(10-16,8-12(17)18)22-11-4-6-20-7-5-11/h11H,4-10H2,1-3H3,(H,17,18). The molecule has 7 heteroatoms. The Balaban J connectivity index is 1.92. The summed E-state index contributed by atoms with van der Waals surface area (Å²) >= 11 is 1.71. The van der Waals surface area contributed by atoms with Crippen molar-refractivity contribution in [2.45, 2.75) is 55.6 Å². The first-order valence-electron chi connectivity index (χ1n) is 7.64. The molecule has 0 aromatic carbocycles. The normalized spacial score (nSPS) is 22.0. The average Bonchev–Trinajstić information content (AvgIpc) is 2.33. The van der Waals surface area contributed by atoms with Crippen molar-refractivity contribution in [2.24, 2.45) is 0 Å². The molecule has 0 atom stereocenters. The summed E-state index contributed by atoms with van der Waals surface area (Å²) in [6.07, 6.45) is 1.60. The van der Waals surface area contributed by atoms with Gasteiger partial charge in [-0.2, -0.15) is 0 Å². The summed E-state index contributed by atoms with van der Waals surface area (Å²) in [5.41, 5.74) is -0.532. The highest BCUT2D eigenvalue weighted by Gasteiger charge is 2.49. The Kier molecular flexibility index (Phi) is 5.27. The molecule has 0 spiro atoms. The molecule has 2 saturated heterocycles. The lowest BCUT2D eigenvalue weighted by atomic mass is 9.95. The van der Waals surface area contributed by atoms with Gasteiger partial charge in [0.25, 0.3) is 0 Å². The predicted octanol–water partition coefficient (Wildman–Crippen LogP) is 2.36. The Morgan fingerprint density at radius 3 is 2.41 bits per heavy atom. The van der Waals surface area contributed by atoms with Gasteiger partial charge in [0.05, 0.1) is 11.2 Å². The Hall–Kier alpha value is -0.950. The molecule has 0 radical (unpaired) electrons. The Morgan fingerprint density at radius 2 is 1.91 bits per heavy atom. The number of amides is 1. The van der Waals surface area contributed by atoms with Gasteiger partial charge in [0, 0.05) is 31.6 Å². The minimum atomic E-state index is -0.816. The number of nitrogens with zero attached hydrogens (tertiary/aromatic N) is 1. The van der Waals surface area contributed by atoms with Crippen LogP contribution < -0.4 is 0 Å². The first kappa shape index (κ1) is 17.4. The lowest BCUT2D eigenvalue weighted by Gasteiger charge is -2.50. The van der Waals surface area contributed by atoms with Crippen LogP contribution in [0.4, 0.5) is 4.79 Å². The first-order valence-corrected chi connectivity index (χ1v) is 8.52. The highest BCUT2D eigenvalue weighted by atomic mass is 32.2. The first-order chi connectivity index (χ1) is 10.2. The summed E-state index contributed by atoms with van der Waals surface area (Å²) in [5.74, 6) is -0.816. The number of carboxylic acid groups (broad SMARTS) is 1. The van der Waals surface area contributed by atoms with Crippen molar-refractivity contribution < 1.29 is 24.2 Å². The van der Waals surface area contributed by atoms with Crippen molar-refractivity contribution >= 4 is 23.8 Å². The molecule has 2 aliphatic rings. The third kappa shape index (κ3) is 4.78. The van der Waals surface area contributed by atoms with E-state index in [-0.39, 0.29) is 17.3 Å². The maximum atomic E-state index is 12.0. The molecule has 2 aliphatic heterocycles. The third-order valence-electron chi connectivity index (χ3n) is 3.67. The maximum absolute atomic E-state index is 12.0. The lowest BCUT2D eigenvalue weighted by Crippen LogP contribution is -2.63. The molecule has 0 unspecified atom stereocenters. The van der Waals surface area contributed by atoms with E-state index < -0.39 is 11.6 Å². The largest absolute Gasteiger partial charge is 0.481 e. The number of hydrogen-bond donors (Lipinski definition) is 1. The molecular formula is C15H25NO5S. The smallest absolute Gasteiger partial charge is 0.410 e. The van der Waals surface area contributed by atoms with E-state index in [4.69, 9.17) is 9.47 Å². The van der Waals surface area contributed by atoms with Crippen LogP contribution in [0.5, 0.6) is 0 Å². The third-order valence-corrected chi connectivity index (χ3v) is 5.38. The summed E-state index contributed by atoms with van der Waals surface area (Å²) in [6.45, 7) is 7.82. The Morgan fingerprint density at radius 1 is 1.32 bits per heavy atom. The van der Waals surface area contributed by atoms with E-state index in [0.29, 0.717) is 18.3 Å². The molecule has 126 valence electrons. The molecule has 1 N–H and O–H groups in total. The summed E-state index contributed by atoms with van der Waals surface area (Å²) in [7, 11) is 0. The molecule has 1 amide bonds. The van der Waals surface area contributed by atoms with Gasteiger partial charge in [-0.1, -0.05) is 0 Å². The SMILES string of the molecule is CC(C)(C)OC(=O)N1CC(CC(=O)O)(SC2CCOCC2)C1. The van der Waals surface area contributed by atoms with Crippen LogP contribution in [0.15, 0.2) is 0 Å². The van der Waals surface area contributed by atoms with Gasteiger partial charge in [-0.25, -0.2) is 4.79 Å². The van der Waals surface area contributed by atoms with Crippen molar-refractivity contribution in [1.29, 1.82) is 0 Å². The lowest BCUT2D eigenvalue weighted by molar-refractivity contribution is -0.138. The van der Waals surface area contributed by atoms with Crippen molar-refractivity contribution in [3.8, 4) is 0 Å². The van der Waals surface area contributed by atoms with E-state index in [1.807, 2.05) is 20.8 Å². The molecule has 2 rings (SSSR count). The summed E-state index contributed by atoms with van der Waals surface area (Å²) in [5, 5.41) is 9.59. The van der Waals surface area contributed by atoms with Gasteiger partial charge in [0.1, 0.15) is 5.60 Å². The predicted molar refractivity (Wildman–Crippen MR) is 84.2 cm³/mol. The molecule has 0 bridgehead atoms. The highest BCUT2D eigenvalue weighted by Crippen LogP contribution is 2.43. The van der Waals surface area contributed by atoms with Crippen LogP contribution in [-0.2, 0) is 14.3 Å². The molecule has 0 saturated carbocycles. The summed E-state index contributed by atoms with van der Waals surface area (Å²) in [6, 6.07) is 0. The zero-order chi connectivity index (χ0) is 16.4. The molecule has 0 aromatic rings. The van der Waals surface area contributed by atoms with Crippen LogP contribution in [0.3, 0.4) is 0 Å². The van der Waals surface area contributed by atoms with Gasteiger partial charge in [0.15, 0.2) is 0 Å². The van der Waals surface area contributed by atoms with Crippen molar-refractivity contribution in [1.82, 2.24) is 4.90 Å². The molecule has 6 nitrogen and oxygen atoms in total. The maximum Gasteiger partial charge on any atom is 0.410 e. The van der Waals surface area contributed by atoms with Gasteiger partial charge >= 0.3 is 12.1 Å². The fourth-order valence-electron chi connectivity index (χ4n) is 2.76. The average molecular weight is 331 g/mol. The van der Waals surface area contributed by atoms with Gasteiger partial charge < -0.3 is 19.5 Å². The number of aliphatic carboxylic acids is 1. The van der Waals surface area contributed by atoms with E-state index in [1.54, 1.807) is 16.7 Å². The van der Waals surface area contributed by atoms with E-state index in [9.17, 15) is 14.7 Å². The highest BCUT2D eigenvalue weighted by molar-refractivity contribution is 8.01. The van der Waals surface area contributed by atoms with Crippen molar-refractivity contribution in [2.75, 3.05) is 26.3 Å². The molecule has 2 fully saturated rings. The number of carboxylic acids is 1. The summed E-state index contributed by atoms with van der Waals surface area (Å²) < 4.78 is 10.3. The van der Waals surface area contributed by atoms with E-state index in [0.717, 1.165) is 26.1 Å². The Bertz CT molecular complexity index is 422. The van der Waals surface area contributed by atoms with Crippen LogP contribution >= 0.6 is 11.8 Å². The van der Waals surface area contributed by atoms with Gasteiger partial charge in [-0.15, -0.1) is 11.8 Å². The van der Waals surface area contributed by atoms with E-state index >= 15 is 0 Å². The fraction of sp³-hybridized carbons (Fsp3) is 0.867. The van der Waals surface area contributed by atoms with Crippen molar-refractivity contribution in [3.05, 3.63) is 0 Å². The molecule has 2 heterocycles. The number of ether oxygens (including phenoxy) is 2. The van der Waals surface area contributed by atoms with Crippen molar-refractivity contribution in [3.63, 3.8) is 0 Å². The molecule has 0 aliphatic carbocycles. The van der Waals surface area contributed by atoms with Crippen LogP contribution in [0.25, 0.3) is 0 Å². The molecule has 0 aromatic heterocycles. The van der Waals surface area contributed by atoms with Crippen LogP contribution in [0.1, 0.15) is 40.0 Å². The minimum absolute atomic E-state index is 0.0777. The van der Waals surface area contributed by atoms with Gasteiger partial charge in [0.2, 0.25) is 0 Å². The van der Waals surface area contributed by atoms with Crippen LogP contribution in [-0.4, -0.2) is 64.0 Å². The quantitative estimate of drug-likeness (QED) is 0.852. The second-order valence-electron chi connectivity index (χ2n) is 7.02.